The van der Waals surface area contributed by atoms with Crippen molar-refractivity contribution in [2.75, 3.05) is 12.4 Å². The van der Waals surface area contributed by atoms with Crippen molar-refractivity contribution in [2.45, 2.75) is 0 Å². The molecule has 0 unspecified atom stereocenters. The maximum Gasteiger partial charge on any atom is 0.275 e. The number of pyridine rings is 1. The number of nitrogens with zero attached hydrogens (tertiary/aromatic N) is 2. The van der Waals surface area contributed by atoms with E-state index in [1.165, 1.54) is 23.7 Å². The number of rotatable bonds is 4. The number of amides is 1. The van der Waals surface area contributed by atoms with Gasteiger partial charge in [-0.05, 0) is 18.2 Å². The van der Waals surface area contributed by atoms with E-state index < -0.39 is 5.91 Å². The third-order valence-corrected chi connectivity index (χ3v) is 6.22. The average Bonchev–Trinajstić information content (AvgIpc) is 3.41. The van der Waals surface area contributed by atoms with Crippen molar-refractivity contribution in [3.8, 4) is 16.3 Å². The molecule has 6 nitrogen and oxygen atoms in total. The van der Waals surface area contributed by atoms with Crippen molar-refractivity contribution < 1.29 is 13.9 Å². The topological polar surface area (TPSA) is 77.2 Å². The minimum absolute atomic E-state index is 0.248. The van der Waals surface area contributed by atoms with Gasteiger partial charge in [-0.15, -0.1) is 11.3 Å². The highest BCUT2D eigenvalue weighted by molar-refractivity contribution is 7.13. The van der Waals surface area contributed by atoms with Crippen LogP contribution in [-0.4, -0.2) is 23.0 Å². The van der Waals surface area contributed by atoms with E-state index in [0.717, 1.165) is 21.9 Å². The molecule has 0 fully saturated rings. The van der Waals surface area contributed by atoms with Crippen molar-refractivity contribution in [1.29, 1.82) is 0 Å². The lowest BCUT2D eigenvalue weighted by Gasteiger charge is -2.07. The number of aromatic nitrogens is 2. The number of fused-ring (bicyclic) bond motifs is 3. The molecule has 0 aliphatic rings. The van der Waals surface area contributed by atoms with Crippen LogP contribution in [0.4, 0.5) is 5.69 Å². The Hall–Kier alpha value is -3.13. The van der Waals surface area contributed by atoms with E-state index in [1.54, 1.807) is 12.5 Å². The summed E-state index contributed by atoms with van der Waals surface area (Å²) < 4.78 is 11.5. The molecule has 3 aromatic heterocycles. The Morgan fingerprint density at radius 1 is 1.13 bits per heavy atom. The van der Waals surface area contributed by atoms with Gasteiger partial charge in [-0.1, -0.05) is 41.4 Å². The van der Waals surface area contributed by atoms with E-state index in [0.29, 0.717) is 22.0 Å². The summed E-state index contributed by atoms with van der Waals surface area (Å²) in [6, 6.07) is 11.5. The number of anilines is 1. The average molecular weight is 470 g/mol. The maximum absolute atomic E-state index is 12.7. The Morgan fingerprint density at radius 2 is 1.90 bits per heavy atom. The lowest BCUT2D eigenvalue weighted by molar-refractivity contribution is 0.102. The fourth-order valence-electron chi connectivity index (χ4n) is 3.35. The molecule has 2 aromatic carbocycles. The zero-order valence-corrected chi connectivity index (χ0v) is 18.3. The Balaban J connectivity index is 1.58. The molecule has 154 valence electrons. The van der Waals surface area contributed by atoms with Crippen LogP contribution < -0.4 is 10.1 Å². The predicted molar refractivity (Wildman–Crippen MR) is 124 cm³/mol. The van der Waals surface area contributed by atoms with Crippen molar-refractivity contribution in [2.24, 2.45) is 0 Å². The molecule has 9 heteroatoms. The summed E-state index contributed by atoms with van der Waals surface area (Å²) in [5.41, 5.74) is 2.79. The van der Waals surface area contributed by atoms with Gasteiger partial charge >= 0.3 is 0 Å². The normalized spacial score (nSPS) is 11.2. The van der Waals surface area contributed by atoms with Crippen LogP contribution in [0.1, 0.15) is 10.5 Å². The lowest BCUT2D eigenvalue weighted by atomic mass is 10.1. The third-order valence-electron chi connectivity index (χ3n) is 4.77. The van der Waals surface area contributed by atoms with Gasteiger partial charge in [-0.2, -0.15) is 0 Å². The van der Waals surface area contributed by atoms with E-state index in [-0.39, 0.29) is 15.7 Å². The first-order valence-electron chi connectivity index (χ1n) is 9.11. The zero-order valence-electron chi connectivity index (χ0n) is 16.0. The number of benzene rings is 2. The number of ether oxygens (including phenoxy) is 1. The molecule has 0 aliphatic carbocycles. The first-order chi connectivity index (χ1) is 15.1. The van der Waals surface area contributed by atoms with E-state index in [1.807, 2.05) is 36.4 Å². The van der Waals surface area contributed by atoms with Crippen LogP contribution in [0.3, 0.4) is 0 Å². The molecule has 0 radical (unpaired) electrons. The largest absolute Gasteiger partial charge is 0.493 e. The van der Waals surface area contributed by atoms with Gasteiger partial charge in [0.2, 0.25) is 0 Å². The van der Waals surface area contributed by atoms with E-state index in [4.69, 9.17) is 32.4 Å². The fourth-order valence-corrected chi connectivity index (χ4v) is 4.64. The summed E-state index contributed by atoms with van der Waals surface area (Å²) in [5.74, 6) is 0.214. The number of furan rings is 1. The number of hydrogen-bond acceptors (Lipinski definition) is 6. The molecule has 5 aromatic rings. The van der Waals surface area contributed by atoms with Gasteiger partial charge < -0.3 is 14.5 Å². The van der Waals surface area contributed by atoms with Gasteiger partial charge in [0.15, 0.2) is 11.3 Å². The summed E-state index contributed by atoms with van der Waals surface area (Å²) in [6.07, 6.45) is 2.82. The molecule has 31 heavy (non-hydrogen) atoms. The Morgan fingerprint density at radius 3 is 2.68 bits per heavy atom. The summed E-state index contributed by atoms with van der Waals surface area (Å²) in [7, 11) is 1.60. The number of methoxy groups -OCH3 is 1. The third kappa shape index (κ3) is 3.40. The van der Waals surface area contributed by atoms with Crippen LogP contribution in [0, 0.1) is 0 Å². The predicted octanol–water partition coefficient (Wildman–Crippen LogP) is 6.67. The second kappa shape index (κ2) is 7.85. The summed E-state index contributed by atoms with van der Waals surface area (Å²) in [4.78, 5) is 21.2. The minimum Gasteiger partial charge on any atom is -0.493 e. The number of thiazole rings is 1. The molecule has 3 heterocycles. The van der Waals surface area contributed by atoms with Gasteiger partial charge in [0.05, 0.1) is 22.8 Å². The van der Waals surface area contributed by atoms with Crippen LogP contribution in [0.2, 0.25) is 10.0 Å². The highest BCUT2D eigenvalue weighted by Gasteiger charge is 2.20. The van der Waals surface area contributed by atoms with Crippen LogP contribution in [-0.2, 0) is 0 Å². The summed E-state index contributed by atoms with van der Waals surface area (Å²) in [6.45, 7) is 0. The Kier molecular flexibility index (Phi) is 5.02. The molecule has 0 aliphatic heterocycles. The monoisotopic (exact) mass is 469 g/mol. The van der Waals surface area contributed by atoms with Crippen molar-refractivity contribution in [3.63, 3.8) is 0 Å². The SMILES string of the molecule is COc1ccc(-c2nc(C(=O)Nc3c(Cl)cncc3Cl)cs2)c2c1oc1ccccc12. The molecular weight excluding hydrogens is 457 g/mol. The van der Waals surface area contributed by atoms with Gasteiger partial charge in [0.1, 0.15) is 16.3 Å². The minimum atomic E-state index is -0.417. The van der Waals surface area contributed by atoms with Crippen LogP contribution in [0.15, 0.2) is 58.6 Å². The highest BCUT2D eigenvalue weighted by Crippen LogP contribution is 2.41. The summed E-state index contributed by atoms with van der Waals surface area (Å²) in [5, 5.41) is 7.40. The van der Waals surface area contributed by atoms with Crippen molar-refractivity contribution in [1.82, 2.24) is 9.97 Å². The molecule has 1 amide bonds. The fraction of sp³-hybridized carbons (Fsp3) is 0.0455. The van der Waals surface area contributed by atoms with Crippen molar-refractivity contribution >= 4 is 68.1 Å². The molecule has 0 saturated heterocycles. The number of nitrogens with one attached hydrogen (secondary N) is 1. The number of para-hydroxylation sites is 1. The van der Waals surface area contributed by atoms with E-state index in [2.05, 4.69) is 15.3 Å². The standard InChI is InChI=1S/C22H13Cl2N3O3S/c1-29-17-7-6-12(18-11-4-2-3-5-16(11)30-20(17)18)22-26-15(10-31-22)21(28)27-19-13(23)8-25-9-14(19)24/h2-10H,1H3,(H,25,27,28). The van der Waals surface area contributed by atoms with Gasteiger partial charge in [-0.3, -0.25) is 9.78 Å². The number of carbonyl (C=O) groups excluding carboxylic acids is 1. The van der Waals surface area contributed by atoms with Crippen molar-refractivity contribution in [3.05, 3.63) is 69.9 Å². The van der Waals surface area contributed by atoms with Gasteiger partial charge in [-0.25, -0.2) is 4.98 Å². The highest BCUT2D eigenvalue weighted by atomic mass is 35.5. The zero-order chi connectivity index (χ0) is 21.5. The molecule has 0 spiro atoms. The summed E-state index contributed by atoms with van der Waals surface area (Å²) >= 11 is 13.6. The second-order valence-electron chi connectivity index (χ2n) is 6.59. The number of hydrogen-bond donors (Lipinski definition) is 1. The molecule has 0 saturated carbocycles. The van der Waals surface area contributed by atoms with Crippen LogP contribution in [0.5, 0.6) is 5.75 Å². The molecule has 1 N–H and O–H groups in total. The Bertz CT molecular complexity index is 1440. The van der Waals surface area contributed by atoms with E-state index >= 15 is 0 Å². The van der Waals surface area contributed by atoms with Crippen LogP contribution in [0.25, 0.3) is 32.5 Å². The lowest BCUT2D eigenvalue weighted by Crippen LogP contribution is -2.13. The maximum atomic E-state index is 12.7. The molecule has 0 atom stereocenters. The quantitative estimate of drug-likeness (QED) is 0.317. The number of carbonyl (C=O) groups is 1. The molecular formula is C22H13Cl2N3O3S. The first kappa shape index (κ1) is 19.8. The van der Waals surface area contributed by atoms with E-state index in [9.17, 15) is 4.79 Å². The van der Waals surface area contributed by atoms with Gasteiger partial charge in [0.25, 0.3) is 5.91 Å². The van der Waals surface area contributed by atoms with Crippen LogP contribution >= 0.6 is 34.5 Å². The number of halogens is 2. The first-order valence-corrected chi connectivity index (χ1v) is 10.7. The smallest absolute Gasteiger partial charge is 0.275 e. The Labute approximate surface area is 190 Å². The second-order valence-corrected chi connectivity index (χ2v) is 8.26. The van der Waals surface area contributed by atoms with Gasteiger partial charge in [0, 0.05) is 34.1 Å². The molecule has 0 bridgehead atoms. The molecule has 5 rings (SSSR count).